The number of benzene rings is 1. The summed E-state index contributed by atoms with van der Waals surface area (Å²) in [6.45, 7) is 0.255. The van der Waals surface area contributed by atoms with E-state index in [1.807, 2.05) is 30.3 Å². The minimum Gasteiger partial charge on any atom is -0.465 e. The van der Waals surface area contributed by atoms with Crippen LogP contribution in [0, 0.1) is 0 Å². The number of methoxy groups -OCH3 is 1. The first-order chi connectivity index (χ1) is 9.72. The van der Waals surface area contributed by atoms with Crippen LogP contribution < -0.4 is 5.32 Å². The van der Waals surface area contributed by atoms with Crippen LogP contribution >= 0.6 is 0 Å². The third-order valence-electron chi connectivity index (χ3n) is 2.86. The van der Waals surface area contributed by atoms with Gasteiger partial charge in [0.05, 0.1) is 13.2 Å². The number of aliphatic hydroxyl groups is 1. The molecule has 5 nitrogen and oxygen atoms in total. The van der Waals surface area contributed by atoms with Crippen molar-refractivity contribution in [1.82, 2.24) is 4.98 Å². The summed E-state index contributed by atoms with van der Waals surface area (Å²) in [5.41, 5.74) is 1.14. The summed E-state index contributed by atoms with van der Waals surface area (Å²) in [7, 11) is 1.32. The molecule has 0 bridgehead atoms. The van der Waals surface area contributed by atoms with E-state index in [0.717, 1.165) is 5.56 Å². The van der Waals surface area contributed by atoms with Crippen molar-refractivity contribution in [3.8, 4) is 0 Å². The zero-order valence-corrected chi connectivity index (χ0v) is 11.1. The van der Waals surface area contributed by atoms with Crippen molar-refractivity contribution in [2.45, 2.75) is 6.10 Å². The molecule has 2 N–H and O–H groups in total. The van der Waals surface area contributed by atoms with Crippen LogP contribution in [0.1, 0.15) is 22.0 Å². The lowest BCUT2D eigenvalue weighted by molar-refractivity contribution is 0.0601. The number of esters is 1. The van der Waals surface area contributed by atoms with Gasteiger partial charge in [0.15, 0.2) is 0 Å². The van der Waals surface area contributed by atoms with E-state index in [-0.39, 0.29) is 6.54 Å². The molecule has 1 aromatic heterocycles. The standard InChI is InChI=1S/C15H16N2O3/c1-20-15(19)12-8-5-9-16-14(12)17-10-13(18)11-6-3-2-4-7-11/h2-9,13,18H,10H2,1H3,(H,16,17). The number of nitrogens with one attached hydrogen (secondary N) is 1. The van der Waals surface area contributed by atoms with E-state index >= 15 is 0 Å². The van der Waals surface area contributed by atoms with Crippen LogP contribution in [0.5, 0.6) is 0 Å². The number of carbonyl (C=O) groups is 1. The van der Waals surface area contributed by atoms with E-state index in [2.05, 4.69) is 15.0 Å². The van der Waals surface area contributed by atoms with Crippen molar-refractivity contribution in [3.63, 3.8) is 0 Å². The molecule has 1 unspecified atom stereocenters. The van der Waals surface area contributed by atoms with Crippen LogP contribution in [-0.2, 0) is 4.74 Å². The number of hydrogen-bond acceptors (Lipinski definition) is 5. The Balaban J connectivity index is 2.06. The molecule has 0 aliphatic rings. The number of rotatable bonds is 5. The fourth-order valence-corrected chi connectivity index (χ4v) is 1.81. The Labute approximate surface area is 117 Å². The number of aromatic nitrogens is 1. The smallest absolute Gasteiger partial charge is 0.341 e. The number of anilines is 1. The van der Waals surface area contributed by atoms with Crippen molar-refractivity contribution in [1.29, 1.82) is 0 Å². The molecule has 0 radical (unpaired) electrons. The lowest BCUT2D eigenvalue weighted by Crippen LogP contribution is -2.16. The lowest BCUT2D eigenvalue weighted by Gasteiger charge is -2.14. The van der Waals surface area contributed by atoms with Crippen molar-refractivity contribution < 1.29 is 14.6 Å². The van der Waals surface area contributed by atoms with Gasteiger partial charge in [0.1, 0.15) is 11.4 Å². The van der Waals surface area contributed by atoms with Crippen LogP contribution in [-0.4, -0.2) is 29.7 Å². The second kappa shape index (κ2) is 6.68. The molecule has 5 heteroatoms. The molecule has 0 saturated carbocycles. The predicted octanol–water partition coefficient (Wildman–Crippen LogP) is 2.01. The molecule has 0 fully saturated rings. The number of aliphatic hydroxyl groups excluding tert-OH is 1. The van der Waals surface area contributed by atoms with E-state index in [1.165, 1.54) is 7.11 Å². The van der Waals surface area contributed by atoms with Crippen LogP contribution in [0.25, 0.3) is 0 Å². The molecular weight excluding hydrogens is 256 g/mol. The summed E-state index contributed by atoms with van der Waals surface area (Å²) >= 11 is 0. The molecule has 0 aliphatic heterocycles. The Morgan fingerprint density at radius 3 is 2.75 bits per heavy atom. The van der Waals surface area contributed by atoms with Gasteiger partial charge in [-0.1, -0.05) is 30.3 Å². The molecule has 20 heavy (non-hydrogen) atoms. The number of pyridine rings is 1. The molecule has 0 spiro atoms. The van der Waals surface area contributed by atoms with Gasteiger partial charge in [-0.25, -0.2) is 9.78 Å². The first-order valence-corrected chi connectivity index (χ1v) is 6.22. The normalized spacial score (nSPS) is 11.7. The second-order valence-electron chi connectivity index (χ2n) is 4.20. The molecule has 1 atom stereocenters. The van der Waals surface area contributed by atoms with Gasteiger partial charge in [0.25, 0.3) is 0 Å². The molecule has 1 aromatic carbocycles. The van der Waals surface area contributed by atoms with Gasteiger partial charge < -0.3 is 15.2 Å². The molecule has 2 rings (SSSR count). The summed E-state index contributed by atoms with van der Waals surface area (Å²) in [6.07, 6.45) is 0.896. The maximum Gasteiger partial charge on any atom is 0.341 e. The summed E-state index contributed by atoms with van der Waals surface area (Å²) in [6, 6.07) is 12.6. The first kappa shape index (κ1) is 14.0. The van der Waals surface area contributed by atoms with Gasteiger partial charge in [-0.05, 0) is 17.7 Å². The summed E-state index contributed by atoms with van der Waals surface area (Å²) < 4.78 is 4.69. The van der Waals surface area contributed by atoms with Crippen LogP contribution in [0.2, 0.25) is 0 Å². The van der Waals surface area contributed by atoms with Gasteiger partial charge in [0.2, 0.25) is 0 Å². The fraction of sp³-hybridized carbons (Fsp3) is 0.200. The minimum atomic E-state index is -0.677. The van der Waals surface area contributed by atoms with E-state index < -0.39 is 12.1 Å². The Kier molecular flexibility index (Phi) is 4.68. The highest BCUT2D eigenvalue weighted by Gasteiger charge is 2.13. The average Bonchev–Trinajstić information content (AvgIpc) is 2.53. The molecule has 104 valence electrons. The van der Waals surface area contributed by atoms with E-state index in [1.54, 1.807) is 18.3 Å². The Morgan fingerprint density at radius 2 is 2.05 bits per heavy atom. The van der Waals surface area contributed by atoms with E-state index in [9.17, 15) is 9.90 Å². The van der Waals surface area contributed by atoms with Crippen molar-refractivity contribution >= 4 is 11.8 Å². The van der Waals surface area contributed by atoms with Gasteiger partial charge in [-0.2, -0.15) is 0 Å². The number of ether oxygens (including phenoxy) is 1. The lowest BCUT2D eigenvalue weighted by atomic mass is 10.1. The monoisotopic (exact) mass is 272 g/mol. The number of nitrogens with zero attached hydrogens (tertiary/aromatic N) is 1. The molecule has 2 aromatic rings. The summed E-state index contributed by atoms with van der Waals surface area (Å²) in [5.74, 6) is -0.0656. The Hall–Kier alpha value is -2.40. The quantitative estimate of drug-likeness (QED) is 0.815. The summed E-state index contributed by atoms with van der Waals surface area (Å²) in [4.78, 5) is 15.7. The third-order valence-corrected chi connectivity index (χ3v) is 2.86. The largest absolute Gasteiger partial charge is 0.465 e. The second-order valence-corrected chi connectivity index (χ2v) is 4.20. The molecular formula is C15H16N2O3. The van der Waals surface area contributed by atoms with Gasteiger partial charge in [-0.3, -0.25) is 0 Å². The zero-order valence-electron chi connectivity index (χ0n) is 11.1. The van der Waals surface area contributed by atoms with Gasteiger partial charge in [0, 0.05) is 12.7 Å². The maximum atomic E-state index is 11.6. The molecule has 1 heterocycles. The minimum absolute atomic E-state index is 0.255. The summed E-state index contributed by atoms with van der Waals surface area (Å²) in [5, 5.41) is 13.0. The zero-order chi connectivity index (χ0) is 14.4. The molecule has 0 saturated heterocycles. The van der Waals surface area contributed by atoms with Crippen LogP contribution in [0.4, 0.5) is 5.82 Å². The SMILES string of the molecule is COC(=O)c1cccnc1NCC(O)c1ccccc1. The van der Waals surface area contributed by atoms with Crippen LogP contribution in [0.3, 0.4) is 0 Å². The third kappa shape index (κ3) is 3.33. The van der Waals surface area contributed by atoms with Crippen molar-refractivity contribution in [3.05, 3.63) is 59.8 Å². The van der Waals surface area contributed by atoms with E-state index in [4.69, 9.17) is 0 Å². The number of hydrogen-bond donors (Lipinski definition) is 2. The van der Waals surface area contributed by atoms with Gasteiger partial charge in [-0.15, -0.1) is 0 Å². The van der Waals surface area contributed by atoms with Crippen molar-refractivity contribution in [2.24, 2.45) is 0 Å². The highest BCUT2D eigenvalue weighted by Crippen LogP contribution is 2.16. The van der Waals surface area contributed by atoms with Crippen molar-refractivity contribution in [2.75, 3.05) is 19.0 Å². The first-order valence-electron chi connectivity index (χ1n) is 6.22. The molecule has 0 aliphatic carbocycles. The Morgan fingerprint density at radius 1 is 1.30 bits per heavy atom. The fourth-order valence-electron chi connectivity index (χ4n) is 1.81. The molecule has 0 amide bonds. The topological polar surface area (TPSA) is 71.5 Å². The van der Waals surface area contributed by atoms with E-state index in [0.29, 0.717) is 11.4 Å². The maximum absolute atomic E-state index is 11.6. The average molecular weight is 272 g/mol. The van der Waals surface area contributed by atoms with Crippen LogP contribution in [0.15, 0.2) is 48.7 Å². The highest BCUT2D eigenvalue weighted by atomic mass is 16.5. The predicted molar refractivity (Wildman–Crippen MR) is 75.5 cm³/mol. The number of carbonyl (C=O) groups excluding carboxylic acids is 1. The Bertz CT molecular complexity index is 572. The highest BCUT2D eigenvalue weighted by molar-refractivity contribution is 5.94. The van der Waals surface area contributed by atoms with Gasteiger partial charge >= 0.3 is 5.97 Å².